The lowest BCUT2D eigenvalue weighted by atomic mass is 10.1. The van der Waals surface area contributed by atoms with Gasteiger partial charge in [0.05, 0.1) is 5.56 Å². The summed E-state index contributed by atoms with van der Waals surface area (Å²) in [6, 6.07) is 9.92. The third kappa shape index (κ3) is 5.06. The molecule has 1 aliphatic heterocycles. The molecule has 3 rings (SSSR count). The van der Waals surface area contributed by atoms with Crippen molar-refractivity contribution >= 4 is 29.2 Å². The molecule has 6 heteroatoms. The number of carbonyl (C=O) groups excluding carboxylic acids is 1. The number of pyridine rings is 1. The third-order valence-corrected chi connectivity index (χ3v) is 6.23. The second-order valence-electron chi connectivity index (χ2n) is 7.01. The molecule has 0 saturated carbocycles. The highest BCUT2D eigenvalue weighted by Gasteiger charge is 2.15. The van der Waals surface area contributed by atoms with E-state index in [-0.39, 0.29) is 5.91 Å². The first-order chi connectivity index (χ1) is 13.6. The van der Waals surface area contributed by atoms with E-state index in [2.05, 4.69) is 46.9 Å². The molecule has 0 atom stereocenters. The number of aromatic nitrogens is 1. The number of hydrogen-bond acceptors (Lipinski definition) is 5. The van der Waals surface area contributed by atoms with Crippen LogP contribution in [0.3, 0.4) is 0 Å². The highest BCUT2D eigenvalue weighted by Crippen LogP contribution is 2.22. The number of amides is 1. The zero-order valence-electron chi connectivity index (χ0n) is 17.1. The molecule has 1 aromatic carbocycles. The number of nitrogens with one attached hydrogen (secondary N) is 1. The summed E-state index contributed by atoms with van der Waals surface area (Å²) in [4.78, 5) is 21.8. The van der Waals surface area contributed by atoms with E-state index in [1.165, 1.54) is 17.1 Å². The molecule has 1 fully saturated rings. The monoisotopic (exact) mass is 398 g/mol. The van der Waals surface area contributed by atoms with E-state index < -0.39 is 0 Å². The summed E-state index contributed by atoms with van der Waals surface area (Å²) < 4.78 is 0. The van der Waals surface area contributed by atoms with Crippen molar-refractivity contribution in [3.8, 4) is 0 Å². The van der Waals surface area contributed by atoms with Gasteiger partial charge >= 0.3 is 0 Å². The maximum absolute atomic E-state index is 12.7. The van der Waals surface area contributed by atoms with Crippen LogP contribution in [0.2, 0.25) is 0 Å². The second kappa shape index (κ2) is 9.94. The quantitative estimate of drug-likeness (QED) is 0.763. The van der Waals surface area contributed by atoms with Crippen molar-refractivity contribution in [1.29, 1.82) is 0 Å². The number of carbonyl (C=O) groups is 1. The molecule has 1 aliphatic rings. The molecule has 0 spiro atoms. The summed E-state index contributed by atoms with van der Waals surface area (Å²) >= 11 is 2.02. The van der Waals surface area contributed by atoms with Gasteiger partial charge in [-0.3, -0.25) is 9.69 Å². The average Bonchev–Trinajstić information content (AvgIpc) is 2.73. The fourth-order valence-corrected chi connectivity index (χ4v) is 4.42. The van der Waals surface area contributed by atoms with Crippen molar-refractivity contribution < 1.29 is 4.79 Å². The van der Waals surface area contributed by atoms with Gasteiger partial charge in [-0.15, -0.1) is 0 Å². The Balaban J connectivity index is 1.69. The summed E-state index contributed by atoms with van der Waals surface area (Å²) in [6.45, 7) is 11.3. The van der Waals surface area contributed by atoms with E-state index in [4.69, 9.17) is 0 Å². The van der Waals surface area contributed by atoms with Gasteiger partial charge in [-0.2, -0.15) is 11.8 Å². The Labute approximate surface area is 172 Å². The van der Waals surface area contributed by atoms with Gasteiger partial charge in [0.1, 0.15) is 5.82 Å². The Hall–Kier alpha value is -2.05. The molecule has 1 amide bonds. The Morgan fingerprint density at radius 1 is 1.18 bits per heavy atom. The van der Waals surface area contributed by atoms with Gasteiger partial charge in [-0.1, -0.05) is 12.1 Å². The van der Waals surface area contributed by atoms with E-state index in [1.807, 2.05) is 36.0 Å². The molecule has 0 radical (unpaired) electrons. The summed E-state index contributed by atoms with van der Waals surface area (Å²) in [6.07, 6.45) is 1.66. The van der Waals surface area contributed by atoms with Gasteiger partial charge in [0.2, 0.25) is 0 Å². The van der Waals surface area contributed by atoms with Crippen LogP contribution in [-0.2, 0) is 6.54 Å². The fourth-order valence-electron chi connectivity index (χ4n) is 3.44. The molecule has 1 N–H and O–H groups in total. The standard InChI is InChI=1S/C22H30N4OS/c1-4-26(5-2)21-10-9-18(15-23-21)22(27)24-20-8-6-7-19(17(20)3)16-25-11-13-28-14-12-25/h6-10,15H,4-5,11-14,16H2,1-3H3,(H,24,27). The van der Waals surface area contributed by atoms with E-state index >= 15 is 0 Å². The smallest absolute Gasteiger partial charge is 0.257 e. The fraction of sp³-hybridized carbons (Fsp3) is 0.455. The van der Waals surface area contributed by atoms with E-state index in [9.17, 15) is 4.79 Å². The molecule has 1 saturated heterocycles. The van der Waals surface area contributed by atoms with Crippen LogP contribution in [0, 0.1) is 6.92 Å². The van der Waals surface area contributed by atoms with Crippen LogP contribution in [0.1, 0.15) is 35.3 Å². The minimum atomic E-state index is -0.117. The van der Waals surface area contributed by atoms with Crippen molar-refractivity contribution in [3.05, 3.63) is 53.2 Å². The first-order valence-electron chi connectivity index (χ1n) is 10.0. The molecular weight excluding hydrogens is 368 g/mol. The topological polar surface area (TPSA) is 48.5 Å². The van der Waals surface area contributed by atoms with Crippen molar-refractivity contribution in [2.24, 2.45) is 0 Å². The Bertz CT molecular complexity index is 784. The molecule has 28 heavy (non-hydrogen) atoms. The summed E-state index contributed by atoms with van der Waals surface area (Å²) in [7, 11) is 0. The average molecular weight is 399 g/mol. The SMILES string of the molecule is CCN(CC)c1ccc(C(=O)Nc2cccc(CN3CCSCC3)c2C)cn1. The lowest BCUT2D eigenvalue weighted by molar-refractivity contribution is 0.102. The lowest BCUT2D eigenvalue weighted by Gasteiger charge is -2.27. The molecule has 2 aromatic rings. The number of anilines is 2. The Morgan fingerprint density at radius 2 is 1.93 bits per heavy atom. The van der Waals surface area contributed by atoms with Crippen molar-refractivity contribution in [1.82, 2.24) is 9.88 Å². The van der Waals surface area contributed by atoms with E-state index in [0.29, 0.717) is 5.56 Å². The Morgan fingerprint density at radius 3 is 2.57 bits per heavy atom. The summed E-state index contributed by atoms with van der Waals surface area (Å²) in [5.41, 5.74) is 3.87. The minimum absolute atomic E-state index is 0.117. The van der Waals surface area contributed by atoms with Gasteiger partial charge in [0.15, 0.2) is 0 Å². The van der Waals surface area contributed by atoms with Crippen LogP contribution in [0.4, 0.5) is 11.5 Å². The van der Waals surface area contributed by atoms with E-state index in [1.54, 1.807) is 6.20 Å². The largest absolute Gasteiger partial charge is 0.357 e. The predicted molar refractivity (Wildman–Crippen MR) is 120 cm³/mol. The lowest BCUT2D eigenvalue weighted by Crippen LogP contribution is -2.32. The molecule has 150 valence electrons. The molecule has 0 aliphatic carbocycles. The van der Waals surface area contributed by atoms with Crippen LogP contribution in [-0.4, -0.2) is 53.5 Å². The number of hydrogen-bond donors (Lipinski definition) is 1. The summed E-state index contributed by atoms with van der Waals surface area (Å²) in [5, 5.41) is 3.07. The molecule has 2 heterocycles. The van der Waals surface area contributed by atoms with Crippen LogP contribution >= 0.6 is 11.8 Å². The maximum Gasteiger partial charge on any atom is 0.257 e. The van der Waals surface area contributed by atoms with Crippen LogP contribution in [0.15, 0.2) is 36.5 Å². The highest BCUT2D eigenvalue weighted by molar-refractivity contribution is 7.99. The minimum Gasteiger partial charge on any atom is -0.357 e. The molecule has 0 unspecified atom stereocenters. The van der Waals surface area contributed by atoms with Crippen LogP contribution < -0.4 is 10.2 Å². The van der Waals surface area contributed by atoms with Crippen LogP contribution in [0.5, 0.6) is 0 Å². The zero-order chi connectivity index (χ0) is 19.9. The summed E-state index contributed by atoms with van der Waals surface area (Å²) in [5.74, 6) is 3.19. The molecule has 1 aromatic heterocycles. The molecular formula is C22H30N4OS. The zero-order valence-corrected chi connectivity index (χ0v) is 17.9. The Kier molecular flexibility index (Phi) is 7.34. The van der Waals surface area contributed by atoms with Crippen LogP contribution in [0.25, 0.3) is 0 Å². The normalized spacial score (nSPS) is 14.7. The van der Waals surface area contributed by atoms with Gasteiger partial charge in [0, 0.05) is 56.1 Å². The second-order valence-corrected chi connectivity index (χ2v) is 8.23. The van der Waals surface area contributed by atoms with Gasteiger partial charge in [-0.05, 0) is 50.1 Å². The molecule has 5 nitrogen and oxygen atoms in total. The number of rotatable bonds is 7. The van der Waals surface area contributed by atoms with Crippen molar-refractivity contribution in [2.75, 3.05) is 47.9 Å². The highest BCUT2D eigenvalue weighted by atomic mass is 32.2. The maximum atomic E-state index is 12.7. The van der Waals surface area contributed by atoms with Crippen molar-refractivity contribution in [2.45, 2.75) is 27.3 Å². The number of benzene rings is 1. The first kappa shape index (κ1) is 20.7. The van der Waals surface area contributed by atoms with Crippen molar-refractivity contribution in [3.63, 3.8) is 0 Å². The van der Waals surface area contributed by atoms with E-state index in [0.717, 1.165) is 49.8 Å². The van der Waals surface area contributed by atoms with Gasteiger partial charge in [-0.25, -0.2) is 4.98 Å². The predicted octanol–water partition coefficient (Wildman–Crippen LogP) is 4.04. The number of thioether (sulfide) groups is 1. The first-order valence-corrected chi connectivity index (χ1v) is 11.2. The number of nitrogens with zero attached hydrogens (tertiary/aromatic N) is 3. The van der Waals surface area contributed by atoms with Gasteiger partial charge < -0.3 is 10.2 Å². The molecule has 0 bridgehead atoms. The third-order valence-electron chi connectivity index (χ3n) is 5.29. The van der Waals surface area contributed by atoms with Gasteiger partial charge in [0.25, 0.3) is 5.91 Å².